The van der Waals surface area contributed by atoms with E-state index in [-0.39, 0.29) is 6.10 Å². The predicted octanol–water partition coefficient (Wildman–Crippen LogP) is 2.51. The van der Waals surface area contributed by atoms with Crippen LogP contribution in [0.5, 0.6) is 0 Å². The number of halogens is 1. The third kappa shape index (κ3) is 3.21. The standard InChI is InChI=1S/C13H18ClNO/c1-9-2-3-10(6-12(9)14)7-15-8-13(16)11-4-5-11/h2-3,6,11,13,15-16H,4-5,7-8H2,1H3. The van der Waals surface area contributed by atoms with E-state index in [9.17, 15) is 5.11 Å². The van der Waals surface area contributed by atoms with Crippen molar-refractivity contribution in [3.05, 3.63) is 34.3 Å². The van der Waals surface area contributed by atoms with Crippen molar-refractivity contribution in [1.29, 1.82) is 0 Å². The maximum Gasteiger partial charge on any atom is 0.0692 e. The molecule has 0 aromatic heterocycles. The lowest BCUT2D eigenvalue weighted by atomic mass is 10.1. The van der Waals surface area contributed by atoms with Crippen molar-refractivity contribution in [2.75, 3.05) is 6.54 Å². The Labute approximate surface area is 102 Å². The van der Waals surface area contributed by atoms with E-state index < -0.39 is 0 Å². The number of aryl methyl sites for hydroxylation is 1. The van der Waals surface area contributed by atoms with E-state index in [1.54, 1.807) is 0 Å². The van der Waals surface area contributed by atoms with Crippen molar-refractivity contribution >= 4 is 11.6 Å². The van der Waals surface area contributed by atoms with E-state index in [0.717, 1.165) is 17.1 Å². The van der Waals surface area contributed by atoms with Gasteiger partial charge in [-0.05, 0) is 42.9 Å². The van der Waals surface area contributed by atoms with Gasteiger partial charge in [-0.2, -0.15) is 0 Å². The van der Waals surface area contributed by atoms with Crippen LogP contribution >= 0.6 is 11.6 Å². The lowest BCUT2D eigenvalue weighted by Crippen LogP contribution is -2.27. The van der Waals surface area contributed by atoms with Gasteiger partial charge in [0.2, 0.25) is 0 Å². The molecule has 2 N–H and O–H groups in total. The van der Waals surface area contributed by atoms with Crippen molar-refractivity contribution in [3.8, 4) is 0 Å². The molecule has 88 valence electrons. The van der Waals surface area contributed by atoms with Crippen LogP contribution < -0.4 is 5.32 Å². The van der Waals surface area contributed by atoms with Gasteiger partial charge < -0.3 is 10.4 Å². The first-order chi connectivity index (χ1) is 7.66. The highest BCUT2D eigenvalue weighted by molar-refractivity contribution is 6.31. The van der Waals surface area contributed by atoms with Gasteiger partial charge in [0.05, 0.1) is 6.10 Å². The van der Waals surface area contributed by atoms with Crippen molar-refractivity contribution in [2.24, 2.45) is 5.92 Å². The summed E-state index contributed by atoms with van der Waals surface area (Å²) in [5.41, 5.74) is 2.27. The minimum Gasteiger partial charge on any atom is -0.392 e. The van der Waals surface area contributed by atoms with Crippen molar-refractivity contribution in [2.45, 2.75) is 32.4 Å². The van der Waals surface area contributed by atoms with Gasteiger partial charge in [0.1, 0.15) is 0 Å². The second-order valence-corrected chi connectivity index (χ2v) is 5.03. The van der Waals surface area contributed by atoms with Crippen molar-refractivity contribution in [3.63, 3.8) is 0 Å². The first-order valence-corrected chi connectivity index (χ1v) is 6.18. The van der Waals surface area contributed by atoms with Gasteiger partial charge in [-0.15, -0.1) is 0 Å². The third-order valence-electron chi connectivity index (χ3n) is 3.09. The van der Waals surface area contributed by atoms with Crippen LogP contribution in [0.25, 0.3) is 0 Å². The Balaban J connectivity index is 1.78. The SMILES string of the molecule is Cc1ccc(CNCC(O)C2CC2)cc1Cl. The number of benzene rings is 1. The molecule has 0 aliphatic heterocycles. The molecule has 1 saturated carbocycles. The van der Waals surface area contributed by atoms with Crippen LogP contribution in [0.3, 0.4) is 0 Å². The summed E-state index contributed by atoms with van der Waals surface area (Å²) in [5, 5.41) is 13.7. The van der Waals surface area contributed by atoms with E-state index in [1.165, 1.54) is 18.4 Å². The van der Waals surface area contributed by atoms with Crippen LogP contribution in [0.1, 0.15) is 24.0 Å². The van der Waals surface area contributed by atoms with Crippen LogP contribution in [0, 0.1) is 12.8 Å². The Morgan fingerprint density at radius 2 is 2.25 bits per heavy atom. The minimum absolute atomic E-state index is 0.180. The molecule has 0 radical (unpaired) electrons. The van der Waals surface area contributed by atoms with E-state index in [1.807, 2.05) is 19.1 Å². The molecule has 0 amide bonds. The summed E-state index contributed by atoms with van der Waals surface area (Å²) in [6, 6.07) is 6.07. The van der Waals surface area contributed by atoms with Crippen LogP contribution in [0.15, 0.2) is 18.2 Å². The number of rotatable bonds is 5. The van der Waals surface area contributed by atoms with Crippen LogP contribution in [0.4, 0.5) is 0 Å². The largest absolute Gasteiger partial charge is 0.392 e. The van der Waals surface area contributed by atoms with Crippen LogP contribution in [-0.4, -0.2) is 17.8 Å². The van der Waals surface area contributed by atoms with E-state index in [0.29, 0.717) is 12.5 Å². The maximum absolute atomic E-state index is 9.68. The molecule has 1 unspecified atom stereocenters. The van der Waals surface area contributed by atoms with Crippen LogP contribution in [0.2, 0.25) is 5.02 Å². The van der Waals surface area contributed by atoms with Gasteiger partial charge in [-0.1, -0.05) is 23.7 Å². The summed E-state index contributed by atoms with van der Waals surface area (Å²) in [6.07, 6.45) is 2.18. The monoisotopic (exact) mass is 239 g/mol. The summed E-state index contributed by atoms with van der Waals surface area (Å²) in [7, 11) is 0. The normalized spacial score (nSPS) is 17.4. The third-order valence-corrected chi connectivity index (χ3v) is 3.49. The van der Waals surface area contributed by atoms with E-state index >= 15 is 0 Å². The van der Waals surface area contributed by atoms with Gasteiger partial charge in [0.25, 0.3) is 0 Å². The molecule has 3 heteroatoms. The average Bonchev–Trinajstić information content (AvgIpc) is 3.07. The predicted molar refractivity (Wildman–Crippen MR) is 66.6 cm³/mol. The van der Waals surface area contributed by atoms with Crippen molar-refractivity contribution in [1.82, 2.24) is 5.32 Å². The fourth-order valence-electron chi connectivity index (χ4n) is 1.76. The molecule has 1 aromatic rings. The molecule has 1 aromatic carbocycles. The second kappa shape index (κ2) is 5.17. The summed E-state index contributed by atoms with van der Waals surface area (Å²) in [6.45, 7) is 3.44. The molecule has 2 rings (SSSR count). The lowest BCUT2D eigenvalue weighted by molar-refractivity contribution is 0.148. The van der Waals surface area contributed by atoms with E-state index in [4.69, 9.17) is 11.6 Å². The summed E-state index contributed by atoms with van der Waals surface area (Å²) < 4.78 is 0. The zero-order valence-corrected chi connectivity index (χ0v) is 10.3. The molecular formula is C13H18ClNO. The molecular weight excluding hydrogens is 222 g/mol. The number of nitrogens with one attached hydrogen (secondary N) is 1. The summed E-state index contributed by atoms with van der Waals surface area (Å²) in [5.74, 6) is 0.536. The fourth-order valence-corrected chi connectivity index (χ4v) is 1.96. The highest BCUT2D eigenvalue weighted by Crippen LogP contribution is 2.32. The van der Waals surface area contributed by atoms with Gasteiger partial charge >= 0.3 is 0 Å². The van der Waals surface area contributed by atoms with Crippen molar-refractivity contribution < 1.29 is 5.11 Å². The molecule has 1 aliphatic carbocycles. The first kappa shape index (κ1) is 11.9. The maximum atomic E-state index is 9.68. The molecule has 0 spiro atoms. The number of aliphatic hydroxyl groups excluding tert-OH is 1. The van der Waals surface area contributed by atoms with Crippen LogP contribution in [-0.2, 0) is 6.54 Å². The Hall–Kier alpha value is -0.570. The minimum atomic E-state index is -0.180. The van der Waals surface area contributed by atoms with Gasteiger partial charge in [-0.25, -0.2) is 0 Å². The van der Waals surface area contributed by atoms with Gasteiger partial charge in [-0.3, -0.25) is 0 Å². The zero-order valence-electron chi connectivity index (χ0n) is 9.54. The molecule has 0 heterocycles. The highest BCUT2D eigenvalue weighted by Gasteiger charge is 2.28. The van der Waals surface area contributed by atoms with Gasteiger partial charge in [0.15, 0.2) is 0 Å². The first-order valence-electron chi connectivity index (χ1n) is 5.80. The second-order valence-electron chi connectivity index (χ2n) is 4.62. The summed E-state index contributed by atoms with van der Waals surface area (Å²) >= 11 is 6.04. The molecule has 1 fully saturated rings. The Morgan fingerprint density at radius 3 is 2.88 bits per heavy atom. The number of aliphatic hydroxyl groups is 1. The Morgan fingerprint density at radius 1 is 1.50 bits per heavy atom. The van der Waals surface area contributed by atoms with Gasteiger partial charge in [0, 0.05) is 18.1 Å². The number of hydrogen-bond donors (Lipinski definition) is 2. The highest BCUT2D eigenvalue weighted by atomic mass is 35.5. The smallest absolute Gasteiger partial charge is 0.0692 e. The Kier molecular flexibility index (Phi) is 3.85. The molecule has 2 nitrogen and oxygen atoms in total. The lowest BCUT2D eigenvalue weighted by Gasteiger charge is -2.11. The Bertz CT molecular complexity index is 363. The molecule has 1 atom stereocenters. The average molecular weight is 240 g/mol. The number of hydrogen-bond acceptors (Lipinski definition) is 2. The molecule has 0 saturated heterocycles. The molecule has 0 bridgehead atoms. The zero-order chi connectivity index (χ0) is 11.5. The van der Waals surface area contributed by atoms with E-state index in [2.05, 4.69) is 11.4 Å². The molecule has 16 heavy (non-hydrogen) atoms. The topological polar surface area (TPSA) is 32.3 Å². The fraction of sp³-hybridized carbons (Fsp3) is 0.538. The summed E-state index contributed by atoms with van der Waals surface area (Å²) in [4.78, 5) is 0. The quantitative estimate of drug-likeness (QED) is 0.828. The molecule has 1 aliphatic rings.